The van der Waals surface area contributed by atoms with Gasteiger partial charge in [0.05, 0.1) is 41.8 Å². The first-order valence-corrected chi connectivity index (χ1v) is 10.3. The molecule has 0 aromatic carbocycles. The summed E-state index contributed by atoms with van der Waals surface area (Å²) in [5.74, 6) is -0.0563. The van der Waals surface area contributed by atoms with Crippen LogP contribution < -0.4 is 10.5 Å². The van der Waals surface area contributed by atoms with E-state index < -0.39 is 0 Å². The van der Waals surface area contributed by atoms with E-state index >= 15 is 0 Å². The zero-order chi connectivity index (χ0) is 21.9. The minimum Gasteiger partial charge on any atom is -0.383 e. The van der Waals surface area contributed by atoms with E-state index in [1.807, 2.05) is 32.7 Å². The second-order valence-electron chi connectivity index (χ2n) is 8.80. The van der Waals surface area contributed by atoms with Gasteiger partial charge in [-0.15, -0.1) is 0 Å². The third kappa shape index (κ3) is 4.89. The Morgan fingerprint density at radius 1 is 1.30 bits per heavy atom. The molecule has 1 amide bonds. The number of hydrogen-bond donors (Lipinski definition) is 0. The minimum absolute atomic E-state index is 0.0563. The van der Waals surface area contributed by atoms with Crippen LogP contribution in [0.5, 0.6) is 0 Å². The van der Waals surface area contributed by atoms with Gasteiger partial charge in [-0.2, -0.15) is 10.2 Å². The maximum atomic E-state index is 13.0. The fourth-order valence-electron chi connectivity index (χ4n) is 3.57. The Labute approximate surface area is 177 Å². The molecule has 0 bridgehead atoms. The highest BCUT2D eigenvalue weighted by molar-refractivity contribution is 5.93. The highest BCUT2D eigenvalue weighted by Crippen LogP contribution is 2.22. The van der Waals surface area contributed by atoms with Crippen LogP contribution in [0.1, 0.15) is 50.0 Å². The van der Waals surface area contributed by atoms with Gasteiger partial charge in [-0.25, -0.2) is 4.68 Å². The monoisotopic (exact) mass is 416 g/mol. The lowest BCUT2D eigenvalue weighted by molar-refractivity contribution is 0.0669. The molecule has 2 aromatic rings. The van der Waals surface area contributed by atoms with Crippen LogP contribution in [0.3, 0.4) is 0 Å². The van der Waals surface area contributed by atoms with Gasteiger partial charge in [0.25, 0.3) is 11.5 Å². The zero-order valence-corrected chi connectivity index (χ0v) is 18.5. The molecule has 3 heterocycles. The maximum Gasteiger partial charge on any atom is 0.269 e. The van der Waals surface area contributed by atoms with Gasteiger partial charge in [-0.05, 0) is 33.6 Å². The highest BCUT2D eigenvalue weighted by Gasteiger charge is 2.28. The van der Waals surface area contributed by atoms with E-state index in [1.54, 1.807) is 41.3 Å². The van der Waals surface area contributed by atoms with Gasteiger partial charge in [0.15, 0.2) is 0 Å². The van der Waals surface area contributed by atoms with Crippen LogP contribution in [0.25, 0.3) is 0 Å². The number of piperidine rings is 1. The van der Waals surface area contributed by atoms with Gasteiger partial charge in [-0.3, -0.25) is 14.3 Å². The second-order valence-corrected chi connectivity index (χ2v) is 8.80. The molecule has 0 radical (unpaired) electrons. The van der Waals surface area contributed by atoms with Crippen LogP contribution in [-0.2, 0) is 10.3 Å². The molecule has 1 unspecified atom stereocenters. The molecule has 1 aliphatic heterocycles. The summed E-state index contributed by atoms with van der Waals surface area (Å²) in [7, 11) is 3.55. The predicted molar refractivity (Wildman–Crippen MR) is 115 cm³/mol. The molecule has 9 nitrogen and oxygen atoms in total. The zero-order valence-electron chi connectivity index (χ0n) is 18.5. The summed E-state index contributed by atoms with van der Waals surface area (Å²) in [6, 6.07) is 1.46. The van der Waals surface area contributed by atoms with Crippen molar-refractivity contribution in [3.8, 4) is 0 Å². The van der Waals surface area contributed by atoms with Gasteiger partial charge in [0.2, 0.25) is 0 Å². The molecule has 1 atom stereocenters. The smallest absolute Gasteiger partial charge is 0.269 e. The van der Waals surface area contributed by atoms with Crippen LogP contribution in [0.2, 0.25) is 0 Å². The number of amides is 1. The molecule has 1 saturated heterocycles. The SMILES string of the molecule is COCCN(C)c1cnn(C2CCCN(C(=O)c3cnn(C(C)(C)C)c3)C2)c(=O)c1. The van der Waals surface area contributed by atoms with Gasteiger partial charge >= 0.3 is 0 Å². The Balaban J connectivity index is 1.72. The number of likely N-dealkylation sites (tertiary alicyclic amines) is 1. The minimum atomic E-state index is -0.182. The van der Waals surface area contributed by atoms with E-state index in [2.05, 4.69) is 10.2 Å². The summed E-state index contributed by atoms with van der Waals surface area (Å²) >= 11 is 0. The van der Waals surface area contributed by atoms with Crippen LogP contribution in [0.4, 0.5) is 5.69 Å². The van der Waals surface area contributed by atoms with E-state index in [1.165, 1.54) is 4.68 Å². The average molecular weight is 417 g/mol. The third-order valence-corrected chi connectivity index (χ3v) is 5.43. The number of hydrogen-bond acceptors (Lipinski definition) is 6. The lowest BCUT2D eigenvalue weighted by Gasteiger charge is -2.33. The molecule has 30 heavy (non-hydrogen) atoms. The van der Waals surface area contributed by atoms with Crippen molar-refractivity contribution in [2.75, 3.05) is 45.3 Å². The summed E-state index contributed by atoms with van der Waals surface area (Å²) in [6.45, 7) is 8.51. The summed E-state index contributed by atoms with van der Waals surface area (Å²) in [6.07, 6.45) is 6.75. The maximum absolute atomic E-state index is 13.0. The van der Waals surface area contributed by atoms with Gasteiger partial charge in [-0.1, -0.05) is 0 Å². The Kier molecular flexibility index (Phi) is 6.60. The molecule has 0 aliphatic carbocycles. The van der Waals surface area contributed by atoms with E-state index in [9.17, 15) is 9.59 Å². The number of ether oxygens (including phenoxy) is 1. The normalized spacial score (nSPS) is 17.2. The molecule has 1 aliphatic rings. The summed E-state index contributed by atoms with van der Waals surface area (Å²) < 4.78 is 8.39. The van der Waals surface area contributed by atoms with Crippen LogP contribution in [0.15, 0.2) is 29.5 Å². The quantitative estimate of drug-likeness (QED) is 0.713. The van der Waals surface area contributed by atoms with E-state index in [4.69, 9.17) is 4.74 Å². The molecule has 1 fully saturated rings. The number of anilines is 1. The number of nitrogens with zero attached hydrogens (tertiary/aromatic N) is 6. The fourth-order valence-corrected chi connectivity index (χ4v) is 3.57. The lowest BCUT2D eigenvalue weighted by atomic mass is 10.0. The number of carbonyl (C=O) groups is 1. The second kappa shape index (κ2) is 8.99. The number of rotatable bonds is 6. The van der Waals surface area contributed by atoms with Crippen molar-refractivity contribution in [3.63, 3.8) is 0 Å². The third-order valence-electron chi connectivity index (χ3n) is 5.43. The van der Waals surface area contributed by atoms with Gasteiger partial charge in [0.1, 0.15) is 0 Å². The van der Waals surface area contributed by atoms with Crippen LogP contribution >= 0.6 is 0 Å². The fraction of sp³-hybridized carbons (Fsp3) is 0.619. The first kappa shape index (κ1) is 22.0. The number of likely N-dealkylation sites (N-methyl/N-ethyl adjacent to an activating group) is 1. The van der Waals surface area contributed by atoms with E-state index in [0.717, 1.165) is 18.5 Å². The number of carbonyl (C=O) groups excluding carboxylic acids is 1. The number of aromatic nitrogens is 4. The molecule has 0 N–H and O–H groups in total. The Morgan fingerprint density at radius 3 is 2.70 bits per heavy atom. The van der Waals surface area contributed by atoms with Crippen molar-refractivity contribution in [3.05, 3.63) is 40.6 Å². The molecular weight excluding hydrogens is 384 g/mol. The largest absolute Gasteiger partial charge is 0.383 e. The van der Waals surface area contributed by atoms with Crippen LogP contribution in [-0.4, -0.2) is 70.8 Å². The predicted octanol–water partition coefficient (Wildman–Crippen LogP) is 1.75. The van der Waals surface area contributed by atoms with Crippen molar-refractivity contribution in [1.29, 1.82) is 0 Å². The molecule has 164 valence electrons. The lowest BCUT2D eigenvalue weighted by Crippen LogP contribution is -2.43. The summed E-state index contributed by atoms with van der Waals surface area (Å²) in [4.78, 5) is 29.4. The van der Waals surface area contributed by atoms with Crippen molar-refractivity contribution in [2.45, 2.75) is 45.2 Å². The Morgan fingerprint density at radius 2 is 2.07 bits per heavy atom. The van der Waals surface area contributed by atoms with Crippen molar-refractivity contribution < 1.29 is 9.53 Å². The van der Waals surface area contributed by atoms with Gasteiger partial charge < -0.3 is 14.5 Å². The van der Waals surface area contributed by atoms with Gasteiger partial charge in [0, 0.05) is 46.1 Å². The molecule has 3 rings (SSSR count). The highest BCUT2D eigenvalue weighted by atomic mass is 16.5. The summed E-state index contributed by atoms with van der Waals surface area (Å²) in [5.41, 5.74) is 0.988. The first-order chi connectivity index (χ1) is 14.2. The molecule has 9 heteroatoms. The first-order valence-electron chi connectivity index (χ1n) is 10.3. The standard InChI is InChI=1S/C21H32N6O3/c1-21(2,3)26-14-16(12-22-26)20(29)25-8-6-7-17(15-25)27-19(28)11-18(13-23-27)24(4)9-10-30-5/h11-14,17H,6-10,15H2,1-5H3. The Hall–Kier alpha value is -2.68. The van der Waals surface area contributed by atoms with E-state index in [0.29, 0.717) is 31.8 Å². The molecular formula is C21H32N6O3. The van der Waals surface area contributed by atoms with Crippen molar-refractivity contribution >= 4 is 11.6 Å². The Bertz CT molecular complexity index is 929. The topological polar surface area (TPSA) is 85.5 Å². The number of methoxy groups -OCH3 is 1. The average Bonchev–Trinajstić information content (AvgIpc) is 3.22. The van der Waals surface area contributed by atoms with Crippen molar-refractivity contribution in [2.24, 2.45) is 0 Å². The van der Waals surface area contributed by atoms with Crippen LogP contribution in [0, 0.1) is 0 Å². The van der Waals surface area contributed by atoms with E-state index in [-0.39, 0.29) is 23.0 Å². The molecule has 0 saturated carbocycles. The van der Waals surface area contributed by atoms with Crippen molar-refractivity contribution in [1.82, 2.24) is 24.5 Å². The molecule has 0 spiro atoms. The summed E-state index contributed by atoms with van der Waals surface area (Å²) in [5, 5.41) is 8.73. The molecule has 2 aromatic heterocycles.